The van der Waals surface area contributed by atoms with Crippen molar-refractivity contribution in [3.8, 4) is 5.75 Å². The molecule has 1 amide bonds. The number of carbonyl (C=O) groups excluding carboxylic acids is 1. The van der Waals surface area contributed by atoms with Gasteiger partial charge in [-0.25, -0.2) is 0 Å². The number of para-hydroxylation sites is 1. The number of benzene rings is 2. The monoisotopic (exact) mass is 430 g/mol. The van der Waals surface area contributed by atoms with Crippen LogP contribution in [0.5, 0.6) is 5.75 Å². The van der Waals surface area contributed by atoms with Crippen LogP contribution >= 0.6 is 0 Å². The van der Waals surface area contributed by atoms with Crippen molar-refractivity contribution in [3.63, 3.8) is 0 Å². The number of aryl methyl sites for hydroxylation is 1. The van der Waals surface area contributed by atoms with Gasteiger partial charge in [0.1, 0.15) is 18.1 Å². The number of nitrogens with zero attached hydrogens (tertiary/aromatic N) is 2. The van der Waals surface area contributed by atoms with Crippen LogP contribution < -0.4 is 4.74 Å². The Hall–Kier alpha value is -3.31. The summed E-state index contributed by atoms with van der Waals surface area (Å²) >= 11 is 0. The molecule has 0 bridgehead atoms. The van der Waals surface area contributed by atoms with Crippen LogP contribution in [0.1, 0.15) is 33.0 Å². The number of allylic oxidation sites excluding steroid dienone is 1. The smallest absolute Gasteiger partial charge is 0.289 e. The Morgan fingerprint density at radius 2 is 1.72 bits per heavy atom. The molecule has 0 saturated carbocycles. The second kappa shape index (κ2) is 10.3. The van der Waals surface area contributed by atoms with Gasteiger partial charge in [-0.3, -0.25) is 9.69 Å². The first-order chi connectivity index (χ1) is 15.6. The molecular formula is C27H30N2O3. The Bertz CT molecular complexity index is 1060. The maximum absolute atomic E-state index is 12.9. The van der Waals surface area contributed by atoms with Gasteiger partial charge < -0.3 is 14.1 Å². The van der Waals surface area contributed by atoms with Crippen molar-refractivity contribution in [1.82, 2.24) is 9.80 Å². The Morgan fingerprint density at radius 3 is 2.47 bits per heavy atom. The number of furan rings is 1. The predicted molar refractivity (Wildman–Crippen MR) is 126 cm³/mol. The normalized spacial score (nSPS) is 14.3. The molecule has 4 rings (SSSR count). The topological polar surface area (TPSA) is 45.9 Å². The lowest BCUT2D eigenvalue weighted by molar-refractivity contribution is 0.0594. The molecule has 1 saturated heterocycles. The molecule has 0 radical (unpaired) electrons. The van der Waals surface area contributed by atoms with Gasteiger partial charge in [-0.15, -0.1) is 6.58 Å². The number of hydrogen-bond donors (Lipinski definition) is 0. The van der Waals surface area contributed by atoms with Gasteiger partial charge in [0, 0.05) is 32.7 Å². The molecule has 0 unspecified atom stereocenters. The minimum absolute atomic E-state index is 0.0566. The van der Waals surface area contributed by atoms with Crippen molar-refractivity contribution in [1.29, 1.82) is 0 Å². The van der Waals surface area contributed by atoms with Crippen LogP contribution in [0, 0.1) is 6.92 Å². The van der Waals surface area contributed by atoms with Crippen LogP contribution in [0.2, 0.25) is 0 Å². The van der Waals surface area contributed by atoms with Crippen molar-refractivity contribution in [3.05, 3.63) is 102 Å². The zero-order valence-electron chi connectivity index (χ0n) is 18.6. The van der Waals surface area contributed by atoms with E-state index in [1.807, 2.05) is 41.3 Å². The molecule has 32 heavy (non-hydrogen) atoms. The van der Waals surface area contributed by atoms with Crippen LogP contribution in [0.3, 0.4) is 0 Å². The van der Waals surface area contributed by atoms with Crippen LogP contribution in [-0.2, 0) is 19.6 Å². The maximum atomic E-state index is 12.9. The zero-order chi connectivity index (χ0) is 22.3. The first-order valence-electron chi connectivity index (χ1n) is 11.1. The molecule has 3 aromatic rings. The van der Waals surface area contributed by atoms with Crippen molar-refractivity contribution < 1.29 is 13.9 Å². The van der Waals surface area contributed by atoms with E-state index >= 15 is 0 Å². The highest BCUT2D eigenvalue weighted by Crippen LogP contribution is 2.21. The lowest BCUT2D eigenvalue weighted by Gasteiger charge is -2.34. The Labute approximate surface area is 189 Å². The molecule has 0 atom stereocenters. The van der Waals surface area contributed by atoms with Gasteiger partial charge in [0.15, 0.2) is 5.76 Å². The third kappa shape index (κ3) is 5.29. The average molecular weight is 431 g/mol. The fraction of sp³-hybridized carbons (Fsp3) is 0.296. The molecule has 2 heterocycles. The molecule has 1 fully saturated rings. The standard InChI is InChI=1S/C27H30N2O3/c1-3-8-22-10-6-7-12-25(22)31-20-24-13-14-26(32-24)27(30)29-17-15-28(16-18-29)19-23-11-5-4-9-21(23)2/h3-7,9-14H,1,8,15-20H2,2H3. The summed E-state index contributed by atoms with van der Waals surface area (Å²) in [6.07, 6.45) is 2.60. The number of hydrogen-bond acceptors (Lipinski definition) is 4. The highest BCUT2D eigenvalue weighted by Gasteiger charge is 2.24. The van der Waals surface area contributed by atoms with E-state index in [2.05, 4.69) is 42.7 Å². The van der Waals surface area contributed by atoms with E-state index in [0.29, 0.717) is 24.6 Å². The van der Waals surface area contributed by atoms with E-state index < -0.39 is 0 Å². The summed E-state index contributed by atoms with van der Waals surface area (Å²) in [5.74, 6) is 1.76. The SMILES string of the molecule is C=CCc1ccccc1OCc1ccc(C(=O)N2CCN(Cc3ccccc3C)CC2)o1. The first kappa shape index (κ1) is 21.9. The van der Waals surface area contributed by atoms with Crippen LogP contribution in [0.25, 0.3) is 0 Å². The van der Waals surface area contributed by atoms with Gasteiger partial charge in [0.25, 0.3) is 5.91 Å². The second-order valence-electron chi connectivity index (χ2n) is 8.15. The summed E-state index contributed by atoms with van der Waals surface area (Å²) in [4.78, 5) is 17.2. The average Bonchev–Trinajstić information content (AvgIpc) is 3.29. The van der Waals surface area contributed by atoms with Gasteiger partial charge >= 0.3 is 0 Å². The van der Waals surface area contributed by atoms with Gasteiger partial charge in [0.05, 0.1) is 0 Å². The summed E-state index contributed by atoms with van der Waals surface area (Å²) in [5.41, 5.74) is 3.73. The Balaban J connectivity index is 1.30. The summed E-state index contributed by atoms with van der Waals surface area (Å²) in [6.45, 7) is 10.3. The molecule has 5 nitrogen and oxygen atoms in total. The van der Waals surface area contributed by atoms with E-state index in [9.17, 15) is 4.79 Å². The second-order valence-corrected chi connectivity index (χ2v) is 8.15. The van der Waals surface area contributed by atoms with E-state index in [1.165, 1.54) is 11.1 Å². The van der Waals surface area contributed by atoms with Crippen molar-refractivity contribution in [2.24, 2.45) is 0 Å². The van der Waals surface area contributed by atoms with E-state index in [-0.39, 0.29) is 12.5 Å². The number of rotatable bonds is 8. The van der Waals surface area contributed by atoms with Crippen LogP contribution in [0.15, 0.2) is 77.7 Å². The molecule has 166 valence electrons. The van der Waals surface area contributed by atoms with E-state index in [4.69, 9.17) is 9.15 Å². The lowest BCUT2D eigenvalue weighted by atomic mass is 10.1. The molecule has 1 aliphatic rings. The zero-order valence-corrected chi connectivity index (χ0v) is 18.6. The molecule has 1 aliphatic heterocycles. The van der Waals surface area contributed by atoms with Gasteiger partial charge in [-0.05, 0) is 48.2 Å². The molecule has 0 aliphatic carbocycles. The van der Waals surface area contributed by atoms with Crippen LogP contribution in [0.4, 0.5) is 0 Å². The number of amides is 1. The molecule has 1 aromatic heterocycles. The molecule has 2 aromatic carbocycles. The fourth-order valence-electron chi connectivity index (χ4n) is 3.98. The predicted octanol–water partition coefficient (Wildman–Crippen LogP) is 4.85. The van der Waals surface area contributed by atoms with E-state index in [1.54, 1.807) is 6.07 Å². The Kier molecular flexibility index (Phi) is 7.07. The molecule has 5 heteroatoms. The third-order valence-electron chi connectivity index (χ3n) is 5.89. The summed E-state index contributed by atoms with van der Waals surface area (Å²) < 4.78 is 11.7. The summed E-state index contributed by atoms with van der Waals surface area (Å²) in [7, 11) is 0. The highest BCUT2D eigenvalue weighted by molar-refractivity contribution is 5.91. The third-order valence-corrected chi connectivity index (χ3v) is 5.89. The van der Waals surface area contributed by atoms with Gasteiger partial charge in [-0.2, -0.15) is 0 Å². The molecule has 0 spiro atoms. The van der Waals surface area contributed by atoms with Crippen molar-refractivity contribution in [2.75, 3.05) is 26.2 Å². The van der Waals surface area contributed by atoms with Crippen LogP contribution in [-0.4, -0.2) is 41.9 Å². The number of ether oxygens (including phenoxy) is 1. The molecular weight excluding hydrogens is 400 g/mol. The maximum Gasteiger partial charge on any atom is 0.289 e. The Morgan fingerprint density at radius 1 is 1.00 bits per heavy atom. The van der Waals surface area contributed by atoms with Crippen molar-refractivity contribution in [2.45, 2.75) is 26.5 Å². The minimum atomic E-state index is -0.0566. The van der Waals surface area contributed by atoms with E-state index in [0.717, 1.165) is 37.4 Å². The van der Waals surface area contributed by atoms with Crippen molar-refractivity contribution >= 4 is 5.91 Å². The largest absolute Gasteiger partial charge is 0.485 e. The van der Waals surface area contributed by atoms with Gasteiger partial charge in [-0.1, -0.05) is 48.5 Å². The summed E-state index contributed by atoms with van der Waals surface area (Å²) in [6, 6.07) is 19.9. The first-order valence-corrected chi connectivity index (χ1v) is 11.1. The lowest BCUT2D eigenvalue weighted by Crippen LogP contribution is -2.48. The fourth-order valence-corrected chi connectivity index (χ4v) is 3.98. The quantitative estimate of drug-likeness (QED) is 0.479. The molecule has 0 N–H and O–H groups in total. The summed E-state index contributed by atoms with van der Waals surface area (Å²) in [5, 5.41) is 0. The number of carbonyl (C=O) groups is 1. The van der Waals surface area contributed by atoms with Gasteiger partial charge in [0.2, 0.25) is 0 Å². The highest BCUT2D eigenvalue weighted by atomic mass is 16.5. The minimum Gasteiger partial charge on any atom is -0.485 e. The number of piperazine rings is 1.